The molecule has 2 aromatic carbocycles. The van der Waals surface area contributed by atoms with Gasteiger partial charge < -0.3 is 10.3 Å². The second-order valence-electron chi connectivity index (χ2n) is 9.06. The van der Waals surface area contributed by atoms with Crippen molar-refractivity contribution in [1.29, 1.82) is 0 Å². The number of aromatic amines is 1. The molecule has 0 saturated heterocycles. The Hall–Kier alpha value is -4.40. The number of fused-ring (bicyclic) bond motifs is 1. The third kappa shape index (κ3) is 4.35. The molecule has 5 aromatic rings. The molecule has 6 rings (SSSR count). The standard InChI is InChI=1S/C27H24FN7O/c28-21-11-17(10-19(12-21)20-14-32-35(15-20)22-8-2-1-3-9-22)13-29-27(36)24-23-26(31-16-30-24)34-25(33-23)18-6-4-5-7-18/h1-3,8-12,14-16,18H,4-7,13H2,(H,29,36)(H,30,31,33,34). The van der Waals surface area contributed by atoms with Crippen molar-refractivity contribution in [3.8, 4) is 16.8 Å². The zero-order chi connectivity index (χ0) is 24.5. The third-order valence-corrected chi connectivity index (χ3v) is 6.61. The Balaban J connectivity index is 1.21. The van der Waals surface area contributed by atoms with E-state index in [9.17, 15) is 9.18 Å². The number of hydrogen-bond acceptors (Lipinski definition) is 5. The highest BCUT2D eigenvalue weighted by atomic mass is 19.1. The molecule has 3 aromatic heterocycles. The van der Waals surface area contributed by atoms with Crippen molar-refractivity contribution in [3.05, 3.63) is 90.2 Å². The Morgan fingerprint density at radius 1 is 1.08 bits per heavy atom. The Morgan fingerprint density at radius 2 is 1.92 bits per heavy atom. The first kappa shape index (κ1) is 22.1. The predicted octanol–water partition coefficient (Wildman–Crippen LogP) is 4.93. The molecule has 0 spiro atoms. The quantitative estimate of drug-likeness (QED) is 0.358. The van der Waals surface area contributed by atoms with Crippen LogP contribution in [0.4, 0.5) is 4.39 Å². The molecule has 8 nitrogen and oxygen atoms in total. The number of halogens is 1. The van der Waals surface area contributed by atoms with E-state index in [0.29, 0.717) is 28.2 Å². The minimum Gasteiger partial charge on any atom is -0.347 e. The molecule has 0 aliphatic heterocycles. The molecule has 0 radical (unpaired) electrons. The lowest BCUT2D eigenvalue weighted by atomic mass is 10.1. The van der Waals surface area contributed by atoms with Crippen molar-refractivity contribution in [2.24, 2.45) is 0 Å². The number of carbonyl (C=O) groups excluding carboxylic acids is 1. The monoisotopic (exact) mass is 481 g/mol. The summed E-state index contributed by atoms with van der Waals surface area (Å²) in [6.45, 7) is 0.144. The minimum atomic E-state index is -0.386. The Labute approximate surface area is 206 Å². The lowest BCUT2D eigenvalue weighted by molar-refractivity contribution is 0.0947. The molecule has 1 amide bonds. The maximum atomic E-state index is 14.5. The highest BCUT2D eigenvalue weighted by molar-refractivity contribution is 6.02. The summed E-state index contributed by atoms with van der Waals surface area (Å²) in [7, 11) is 0. The first-order valence-corrected chi connectivity index (χ1v) is 12.0. The summed E-state index contributed by atoms with van der Waals surface area (Å²) in [6.07, 6.45) is 9.43. The second-order valence-corrected chi connectivity index (χ2v) is 9.06. The van der Waals surface area contributed by atoms with E-state index in [0.717, 1.165) is 29.9 Å². The van der Waals surface area contributed by atoms with Gasteiger partial charge in [-0.2, -0.15) is 5.10 Å². The summed E-state index contributed by atoms with van der Waals surface area (Å²) < 4.78 is 16.2. The van der Waals surface area contributed by atoms with Crippen LogP contribution in [-0.4, -0.2) is 35.6 Å². The van der Waals surface area contributed by atoms with Crippen LogP contribution >= 0.6 is 0 Å². The zero-order valence-electron chi connectivity index (χ0n) is 19.5. The number of aromatic nitrogens is 6. The molecule has 0 atom stereocenters. The Morgan fingerprint density at radius 3 is 2.75 bits per heavy atom. The van der Waals surface area contributed by atoms with Crippen LogP contribution in [0, 0.1) is 5.82 Å². The molecule has 3 heterocycles. The van der Waals surface area contributed by atoms with Crippen LogP contribution in [0.25, 0.3) is 28.0 Å². The molecule has 1 fully saturated rings. The largest absolute Gasteiger partial charge is 0.347 e. The van der Waals surface area contributed by atoms with Crippen LogP contribution < -0.4 is 5.32 Å². The van der Waals surface area contributed by atoms with Crippen LogP contribution in [-0.2, 0) is 6.54 Å². The molecule has 36 heavy (non-hydrogen) atoms. The topological polar surface area (TPSA) is 101 Å². The molecular weight excluding hydrogens is 457 g/mol. The number of benzene rings is 2. The Bertz CT molecular complexity index is 1540. The SMILES string of the molecule is O=C(NCc1cc(F)cc(-c2cnn(-c3ccccc3)c2)c1)c1ncnc2nc(C3CCCC3)[nH]c12. The maximum Gasteiger partial charge on any atom is 0.272 e. The summed E-state index contributed by atoms with van der Waals surface area (Å²) in [4.78, 5) is 29.3. The molecule has 1 saturated carbocycles. The smallest absolute Gasteiger partial charge is 0.272 e. The van der Waals surface area contributed by atoms with Gasteiger partial charge in [0.15, 0.2) is 11.3 Å². The van der Waals surface area contributed by atoms with E-state index in [-0.39, 0.29) is 24.0 Å². The van der Waals surface area contributed by atoms with Gasteiger partial charge >= 0.3 is 0 Å². The van der Waals surface area contributed by atoms with E-state index in [1.54, 1.807) is 10.9 Å². The molecule has 0 bridgehead atoms. The average Bonchev–Trinajstić information content (AvgIpc) is 3.67. The zero-order valence-corrected chi connectivity index (χ0v) is 19.5. The van der Waals surface area contributed by atoms with Crippen LogP contribution in [0.15, 0.2) is 67.3 Å². The number of imidazole rings is 1. The molecule has 1 aliphatic rings. The number of nitrogens with zero attached hydrogens (tertiary/aromatic N) is 5. The van der Waals surface area contributed by atoms with E-state index in [1.807, 2.05) is 42.6 Å². The average molecular weight is 482 g/mol. The fraction of sp³-hybridized carbons (Fsp3) is 0.222. The molecule has 180 valence electrons. The van der Waals surface area contributed by atoms with Crippen LogP contribution in [0.3, 0.4) is 0 Å². The number of amides is 1. The van der Waals surface area contributed by atoms with Crippen molar-refractivity contribution in [2.75, 3.05) is 0 Å². The lowest BCUT2D eigenvalue weighted by Crippen LogP contribution is -2.24. The number of nitrogens with one attached hydrogen (secondary N) is 2. The third-order valence-electron chi connectivity index (χ3n) is 6.61. The van der Waals surface area contributed by atoms with Crippen LogP contribution in [0.5, 0.6) is 0 Å². The summed E-state index contributed by atoms with van der Waals surface area (Å²) >= 11 is 0. The van der Waals surface area contributed by atoms with Gasteiger partial charge in [-0.3, -0.25) is 4.79 Å². The molecule has 2 N–H and O–H groups in total. The summed E-state index contributed by atoms with van der Waals surface area (Å²) in [5.74, 6) is 0.477. The lowest BCUT2D eigenvalue weighted by Gasteiger charge is -2.08. The summed E-state index contributed by atoms with van der Waals surface area (Å²) in [5.41, 5.74) is 4.26. The van der Waals surface area contributed by atoms with Gasteiger partial charge in [-0.25, -0.2) is 24.0 Å². The fourth-order valence-corrected chi connectivity index (χ4v) is 4.79. The van der Waals surface area contributed by atoms with Gasteiger partial charge in [0.2, 0.25) is 0 Å². The fourth-order valence-electron chi connectivity index (χ4n) is 4.79. The van der Waals surface area contributed by atoms with E-state index in [2.05, 4.69) is 30.4 Å². The number of para-hydroxylation sites is 1. The highest BCUT2D eigenvalue weighted by Crippen LogP contribution is 2.33. The summed E-state index contributed by atoms with van der Waals surface area (Å²) in [5, 5.41) is 7.25. The van der Waals surface area contributed by atoms with E-state index < -0.39 is 0 Å². The van der Waals surface area contributed by atoms with Gasteiger partial charge in [0.05, 0.1) is 11.9 Å². The van der Waals surface area contributed by atoms with Gasteiger partial charge in [-0.15, -0.1) is 0 Å². The van der Waals surface area contributed by atoms with E-state index >= 15 is 0 Å². The summed E-state index contributed by atoms with van der Waals surface area (Å²) in [6, 6.07) is 14.4. The number of H-pyrrole nitrogens is 1. The van der Waals surface area contributed by atoms with Gasteiger partial charge in [0.25, 0.3) is 5.91 Å². The van der Waals surface area contributed by atoms with Crippen LogP contribution in [0.2, 0.25) is 0 Å². The van der Waals surface area contributed by atoms with Gasteiger partial charge in [-0.1, -0.05) is 31.0 Å². The van der Waals surface area contributed by atoms with E-state index in [1.165, 1.54) is 31.3 Å². The molecule has 9 heteroatoms. The number of carbonyl (C=O) groups is 1. The Kier molecular flexibility index (Phi) is 5.73. The molecule has 0 unspecified atom stereocenters. The van der Waals surface area contributed by atoms with E-state index in [4.69, 9.17) is 0 Å². The normalized spacial score (nSPS) is 13.9. The van der Waals surface area contributed by atoms with Crippen molar-refractivity contribution in [1.82, 2.24) is 35.0 Å². The van der Waals surface area contributed by atoms with Crippen molar-refractivity contribution in [2.45, 2.75) is 38.1 Å². The first-order valence-electron chi connectivity index (χ1n) is 12.0. The number of hydrogen-bond donors (Lipinski definition) is 2. The highest BCUT2D eigenvalue weighted by Gasteiger charge is 2.23. The molecule has 1 aliphatic carbocycles. The number of rotatable bonds is 6. The van der Waals surface area contributed by atoms with Gasteiger partial charge in [0.1, 0.15) is 23.5 Å². The predicted molar refractivity (Wildman–Crippen MR) is 133 cm³/mol. The van der Waals surface area contributed by atoms with Crippen molar-refractivity contribution < 1.29 is 9.18 Å². The first-order chi connectivity index (χ1) is 17.6. The molecular formula is C27H24FN7O. The minimum absolute atomic E-state index is 0.144. The second kappa shape index (κ2) is 9.33. The van der Waals surface area contributed by atoms with Crippen molar-refractivity contribution >= 4 is 17.1 Å². The maximum absolute atomic E-state index is 14.5. The van der Waals surface area contributed by atoms with Crippen molar-refractivity contribution in [3.63, 3.8) is 0 Å². The van der Waals surface area contributed by atoms with Crippen LogP contribution in [0.1, 0.15) is 53.5 Å². The van der Waals surface area contributed by atoms with Gasteiger partial charge in [-0.05, 0) is 54.3 Å². The van der Waals surface area contributed by atoms with Gasteiger partial charge in [0, 0.05) is 24.2 Å².